The summed E-state index contributed by atoms with van der Waals surface area (Å²) in [6.45, 7) is 5.10. The van der Waals surface area contributed by atoms with Crippen molar-refractivity contribution < 1.29 is 0 Å². The lowest BCUT2D eigenvalue weighted by Gasteiger charge is -2.21. The molecule has 0 heterocycles. The fourth-order valence-corrected chi connectivity index (χ4v) is 3.32. The van der Waals surface area contributed by atoms with Crippen molar-refractivity contribution in [2.45, 2.75) is 26.3 Å². The number of benzene rings is 2. The second-order valence-corrected chi connectivity index (χ2v) is 6.76. The molecule has 0 saturated carbocycles. The van der Waals surface area contributed by atoms with E-state index in [1.807, 2.05) is 31.2 Å². The lowest BCUT2D eigenvalue weighted by Crippen LogP contribution is -2.23. The van der Waals surface area contributed by atoms with Crippen molar-refractivity contribution in [1.82, 2.24) is 5.32 Å². The Morgan fingerprint density at radius 3 is 2.52 bits per heavy atom. The van der Waals surface area contributed by atoms with Crippen molar-refractivity contribution >= 4 is 39.1 Å². The van der Waals surface area contributed by atoms with E-state index in [4.69, 9.17) is 23.2 Å². The molecule has 0 amide bonds. The van der Waals surface area contributed by atoms with E-state index in [0.717, 1.165) is 44.2 Å². The number of aryl methyl sites for hydroxylation is 1. The lowest BCUT2D eigenvalue weighted by molar-refractivity contribution is 0.597. The van der Waals surface area contributed by atoms with Crippen LogP contribution in [0.3, 0.4) is 0 Å². The minimum absolute atomic E-state index is 0.0923. The van der Waals surface area contributed by atoms with Crippen molar-refractivity contribution in [3.8, 4) is 0 Å². The van der Waals surface area contributed by atoms with Gasteiger partial charge >= 0.3 is 0 Å². The first-order valence-electron chi connectivity index (χ1n) is 6.97. The molecule has 1 unspecified atom stereocenters. The molecule has 0 aliphatic heterocycles. The molecule has 0 aromatic heterocycles. The van der Waals surface area contributed by atoms with Gasteiger partial charge in [-0.2, -0.15) is 0 Å². The average Bonchev–Trinajstić information content (AvgIpc) is 2.44. The summed E-state index contributed by atoms with van der Waals surface area (Å²) in [5, 5.41) is 5.09. The van der Waals surface area contributed by atoms with Crippen molar-refractivity contribution in [1.29, 1.82) is 0 Å². The van der Waals surface area contributed by atoms with Crippen LogP contribution in [0.15, 0.2) is 40.9 Å². The Labute approximate surface area is 144 Å². The van der Waals surface area contributed by atoms with Crippen LogP contribution in [-0.4, -0.2) is 6.54 Å². The molecule has 4 heteroatoms. The summed E-state index contributed by atoms with van der Waals surface area (Å²) in [6.07, 6.45) is 1.07. The average molecular weight is 387 g/mol. The zero-order chi connectivity index (χ0) is 15.4. The Morgan fingerprint density at radius 1 is 1.14 bits per heavy atom. The Bertz CT molecular complexity index is 628. The third kappa shape index (κ3) is 4.23. The molecule has 0 spiro atoms. The van der Waals surface area contributed by atoms with Crippen LogP contribution in [0.25, 0.3) is 0 Å². The van der Waals surface area contributed by atoms with E-state index in [1.165, 1.54) is 0 Å². The van der Waals surface area contributed by atoms with E-state index in [2.05, 4.69) is 40.3 Å². The van der Waals surface area contributed by atoms with Gasteiger partial charge in [-0.15, -0.1) is 0 Å². The molecular weight excluding hydrogens is 369 g/mol. The van der Waals surface area contributed by atoms with Crippen molar-refractivity contribution in [2.24, 2.45) is 0 Å². The quantitative estimate of drug-likeness (QED) is 0.649. The molecule has 0 aliphatic rings. The highest BCUT2D eigenvalue weighted by atomic mass is 79.9. The van der Waals surface area contributed by atoms with Crippen LogP contribution in [0.4, 0.5) is 0 Å². The highest BCUT2D eigenvalue weighted by molar-refractivity contribution is 9.10. The largest absolute Gasteiger partial charge is 0.306 e. The molecule has 1 nitrogen and oxygen atoms in total. The van der Waals surface area contributed by atoms with Gasteiger partial charge in [-0.05, 0) is 54.8 Å². The first-order valence-corrected chi connectivity index (χ1v) is 8.52. The number of rotatable bonds is 5. The fraction of sp³-hybridized carbons (Fsp3) is 0.294. The van der Waals surface area contributed by atoms with Gasteiger partial charge in [-0.25, -0.2) is 0 Å². The second-order valence-electron chi connectivity index (χ2n) is 5.06. The summed E-state index contributed by atoms with van der Waals surface area (Å²) in [5.41, 5.74) is 3.40. The maximum Gasteiger partial charge on any atom is 0.0588 e. The highest BCUT2D eigenvalue weighted by Crippen LogP contribution is 2.32. The highest BCUT2D eigenvalue weighted by Gasteiger charge is 2.17. The minimum atomic E-state index is 0.0923. The van der Waals surface area contributed by atoms with E-state index in [0.29, 0.717) is 0 Å². The van der Waals surface area contributed by atoms with Crippen LogP contribution in [0.1, 0.15) is 36.1 Å². The van der Waals surface area contributed by atoms with Crippen LogP contribution in [0.2, 0.25) is 10.0 Å². The molecule has 2 rings (SSSR count). The summed E-state index contributed by atoms with van der Waals surface area (Å²) in [4.78, 5) is 0. The predicted octanol–water partition coefficient (Wildman–Crippen LogP) is 6.15. The smallest absolute Gasteiger partial charge is 0.0588 e. The van der Waals surface area contributed by atoms with Gasteiger partial charge in [-0.1, -0.05) is 64.3 Å². The normalized spacial score (nSPS) is 12.4. The molecular formula is C17H18BrCl2N. The topological polar surface area (TPSA) is 12.0 Å². The van der Waals surface area contributed by atoms with E-state index in [9.17, 15) is 0 Å². The van der Waals surface area contributed by atoms with E-state index in [-0.39, 0.29) is 6.04 Å². The molecule has 0 aliphatic carbocycles. The van der Waals surface area contributed by atoms with Crippen LogP contribution in [-0.2, 0) is 0 Å². The number of nitrogens with one attached hydrogen (secondary N) is 1. The molecule has 2 aromatic rings. The van der Waals surface area contributed by atoms with Crippen molar-refractivity contribution in [3.63, 3.8) is 0 Å². The Balaban J connectivity index is 2.44. The summed E-state index contributed by atoms with van der Waals surface area (Å²) < 4.78 is 1.00. The van der Waals surface area contributed by atoms with Crippen LogP contribution >= 0.6 is 39.1 Å². The van der Waals surface area contributed by atoms with E-state index >= 15 is 0 Å². The zero-order valence-corrected chi connectivity index (χ0v) is 15.2. The maximum absolute atomic E-state index is 6.28. The van der Waals surface area contributed by atoms with Gasteiger partial charge in [0.15, 0.2) is 0 Å². The van der Waals surface area contributed by atoms with Gasteiger partial charge in [0.1, 0.15) is 0 Å². The Morgan fingerprint density at radius 2 is 1.90 bits per heavy atom. The number of hydrogen-bond donors (Lipinski definition) is 1. The maximum atomic E-state index is 6.28. The van der Waals surface area contributed by atoms with Crippen LogP contribution in [0, 0.1) is 6.92 Å². The van der Waals surface area contributed by atoms with Crippen LogP contribution in [0.5, 0.6) is 0 Å². The predicted molar refractivity (Wildman–Crippen MR) is 95.5 cm³/mol. The standard InChI is InChI=1S/C17H18BrCl2N/c1-3-8-21-17(12-5-4-11(2)16(20)9-12)14-7-6-13(19)10-15(14)18/h4-7,9-10,17,21H,3,8H2,1-2H3. The molecule has 21 heavy (non-hydrogen) atoms. The molecule has 1 atom stereocenters. The molecule has 0 bridgehead atoms. The first-order chi connectivity index (χ1) is 10.0. The van der Waals surface area contributed by atoms with Gasteiger partial charge in [-0.3, -0.25) is 0 Å². The van der Waals surface area contributed by atoms with Gasteiger partial charge < -0.3 is 5.32 Å². The summed E-state index contributed by atoms with van der Waals surface area (Å²) in [5.74, 6) is 0. The van der Waals surface area contributed by atoms with Crippen molar-refractivity contribution in [3.05, 3.63) is 67.6 Å². The monoisotopic (exact) mass is 385 g/mol. The Kier molecular flexibility index (Phi) is 6.12. The van der Waals surface area contributed by atoms with Crippen molar-refractivity contribution in [2.75, 3.05) is 6.54 Å². The van der Waals surface area contributed by atoms with Crippen LogP contribution < -0.4 is 5.32 Å². The number of hydrogen-bond acceptors (Lipinski definition) is 1. The van der Waals surface area contributed by atoms with Gasteiger partial charge in [0.25, 0.3) is 0 Å². The van der Waals surface area contributed by atoms with E-state index in [1.54, 1.807) is 0 Å². The molecule has 1 N–H and O–H groups in total. The third-order valence-electron chi connectivity index (χ3n) is 3.40. The van der Waals surface area contributed by atoms with E-state index < -0.39 is 0 Å². The fourth-order valence-electron chi connectivity index (χ4n) is 2.22. The lowest BCUT2D eigenvalue weighted by atomic mass is 9.97. The SMILES string of the molecule is CCCNC(c1ccc(C)c(Cl)c1)c1ccc(Cl)cc1Br. The molecule has 0 radical (unpaired) electrons. The molecule has 0 saturated heterocycles. The summed E-state index contributed by atoms with van der Waals surface area (Å²) in [7, 11) is 0. The first kappa shape index (κ1) is 16.8. The number of halogens is 3. The molecule has 112 valence electrons. The Hall–Kier alpha value is -0.540. The summed E-state index contributed by atoms with van der Waals surface area (Å²) in [6, 6.07) is 12.2. The molecule has 2 aromatic carbocycles. The minimum Gasteiger partial charge on any atom is -0.306 e. The third-order valence-corrected chi connectivity index (χ3v) is 4.73. The van der Waals surface area contributed by atoms with Gasteiger partial charge in [0, 0.05) is 14.5 Å². The van der Waals surface area contributed by atoms with Gasteiger partial charge in [0.05, 0.1) is 6.04 Å². The summed E-state index contributed by atoms with van der Waals surface area (Å²) >= 11 is 15.9. The molecule has 0 fully saturated rings. The second kappa shape index (κ2) is 7.64. The van der Waals surface area contributed by atoms with Gasteiger partial charge in [0.2, 0.25) is 0 Å². The zero-order valence-electron chi connectivity index (χ0n) is 12.1.